The van der Waals surface area contributed by atoms with Gasteiger partial charge in [-0.2, -0.15) is 0 Å². The van der Waals surface area contributed by atoms with Crippen molar-refractivity contribution in [1.29, 1.82) is 0 Å². The number of halogens is 1. The number of carbonyl (C=O) groups excluding carboxylic acids is 1. The van der Waals surface area contributed by atoms with Crippen LogP contribution < -0.4 is 0 Å². The molecule has 0 saturated carbocycles. The highest BCUT2D eigenvalue weighted by atomic mass is 19.1. The zero-order valence-electron chi connectivity index (χ0n) is 10.3. The fraction of sp³-hybridized carbons (Fsp3) is 0.500. The minimum atomic E-state index is -0.195. The molecule has 0 bridgehead atoms. The molecule has 92 valence electrons. The molecular formula is C14H18FNO. The molecule has 2 unspecified atom stereocenters. The van der Waals surface area contributed by atoms with Crippen molar-refractivity contribution in [2.75, 3.05) is 13.1 Å². The average Bonchev–Trinajstić information content (AvgIpc) is 2.30. The molecule has 1 fully saturated rings. The molecule has 2 nitrogen and oxygen atoms in total. The second-order valence-electron chi connectivity index (χ2n) is 5.09. The van der Waals surface area contributed by atoms with E-state index in [-0.39, 0.29) is 5.82 Å². The van der Waals surface area contributed by atoms with Gasteiger partial charge in [0.2, 0.25) is 6.41 Å². The van der Waals surface area contributed by atoms with Crippen LogP contribution in [0.5, 0.6) is 0 Å². The van der Waals surface area contributed by atoms with Crippen LogP contribution in [0.4, 0.5) is 4.39 Å². The van der Waals surface area contributed by atoms with Gasteiger partial charge in [-0.15, -0.1) is 0 Å². The van der Waals surface area contributed by atoms with E-state index in [0.29, 0.717) is 17.8 Å². The molecule has 2 atom stereocenters. The summed E-state index contributed by atoms with van der Waals surface area (Å²) in [4.78, 5) is 12.6. The molecule has 0 N–H and O–H groups in total. The van der Waals surface area contributed by atoms with Crippen molar-refractivity contribution in [3.63, 3.8) is 0 Å². The number of likely N-dealkylation sites (tertiary alicyclic amines) is 1. The van der Waals surface area contributed by atoms with Gasteiger partial charge < -0.3 is 4.90 Å². The normalized spacial score (nSPS) is 29.1. The predicted octanol–water partition coefficient (Wildman–Crippen LogP) is 2.65. The average molecular weight is 235 g/mol. The highest BCUT2D eigenvalue weighted by Crippen LogP contribution is 2.36. The molecule has 1 aliphatic heterocycles. The lowest BCUT2D eigenvalue weighted by atomic mass is 9.75. The first-order valence-corrected chi connectivity index (χ1v) is 6.06. The van der Waals surface area contributed by atoms with E-state index in [1.54, 1.807) is 0 Å². The zero-order valence-corrected chi connectivity index (χ0v) is 10.3. The topological polar surface area (TPSA) is 20.3 Å². The van der Waals surface area contributed by atoms with E-state index in [1.165, 1.54) is 17.7 Å². The Morgan fingerprint density at radius 3 is 2.18 bits per heavy atom. The van der Waals surface area contributed by atoms with Crippen LogP contribution in [0.25, 0.3) is 0 Å². The Morgan fingerprint density at radius 1 is 1.18 bits per heavy atom. The van der Waals surface area contributed by atoms with E-state index in [9.17, 15) is 9.18 Å². The highest BCUT2D eigenvalue weighted by Gasteiger charge is 2.32. The SMILES string of the molecule is CC1CN(C=O)CC(C)C1c1ccc(F)cc1. The van der Waals surface area contributed by atoms with Crippen molar-refractivity contribution < 1.29 is 9.18 Å². The van der Waals surface area contributed by atoms with Gasteiger partial charge in [-0.3, -0.25) is 4.79 Å². The molecule has 0 spiro atoms. The monoisotopic (exact) mass is 235 g/mol. The Balaban J connectivity index is 2.20. The molecule has 1 saturated heterocycles. The minimum Gasteiger partial charge on any atom is -0.345 e. The van der Waals surface area contributed by atoms with Gasteiger partial charge in [-0.1, -0.05) is 26.0 Å². The summed E-state index contributed by atoms with van der Waals surface area (Å²) in [6, 6.07) is 6.76. The number of hydrogen-bond acceptors (Lipinski definition) is 1. The molecule has 1 heterocycles. The first-order chi connectivity index (χ1) is 8.11. The number of amides is 1. The van der Waals surface area contributed by atoms with Crippen LogP contribution in [0.3, 0.4) is 0 Å². The van der Waals surface area contributed by atoms with Crippen LogP contribution in [0, 0.1) is 17.7 Å². The summed E-state index contributed by atoms with van der Waals surface area (Å²) in [7, 11) is 0. The van der Waals surface area contributed by atoms with Crippen LogP contribution in [0.1, 0.15) is 25.3 Å². The summed E-state index contributed by atoms with van der Waals surface area (Å²) in [6.45, 7) is 5.88. The lowest BCUT2D eigenvalue weighted by molar-refractivity contribution is -0.120. The highest BCUT2D eigenvalue weighted by molar-refractivity contribution is 5.47. The number of hydrogen-bond donors (Lipinski definition) is 0. The summed E-state index contributed by atoms with van der Waals surface area (Å²) < 4.78 is 12.9. The van der Waals surface area contributed by atoms with Gasteiger partial charge in [0.05, 0.1) is 0 Å². The number of piperidine rings is 1. The van der Waals surface area contributed by atoms with Crippen LogP contribution in [-0.2, 0) is 4.79 Å². The minimum absolute atomic E-state index is 0.195. The summed E-state index contributed by atoms with van der Waals surface area (Å²) in [5, 5.41) is 0. The molecular weight excluding hydrogens is 217 g/mol. The van der Waals surface area contributed by atoms with Gasteiger partial charge in [0.1, 0.15) is 5.82 Å². The quantitative estimate of drug-likeness (QED) is 0.722. The van der Waals surface area contributed by atoms with Crippen molar-refractivity contribution in [3.8, 4) is 0 Å². The molecule has 1 aliphatic rings. The third-order valence-electron chi connectivity index (χ3n) is 3.68. The summed E-state index contributed by atoms with van der Waals surface area (Å²) in [6.07, 6.45) is 0.924. The summed E-state index contributed by atoms with van der Waals surface area (Å²) >= 11 is 0. The van der Waals surface area contributed by atoms with Crippen LogP contribution >= 0.6 is 0 Å². The standard InChI is InChI=1S/C14H18FNO/c1-10-7-16(9-17)8-11(2)14(10)12-3-5-13(15)6-4-12/h3-6,9-11,14H,7-8H2,1-2H3. The second kappa shape index (κ2) is 4.86. The lowest BCUT2D eigenvalue weighted by Gasteiger charge is -2.40. The predicted molar refractivity (Wildman–Crippen MR) is 65.1 cm³/mol. The van der Waals surface area contributed by atoms with Crippen LogP contribution in [0.15, 0.2) is 24.3 Å². The third kappa shape index (κ3) is 2.48. The third-order valence-corrected chi connectivity index (χ3v) is 3.68. The van der Waals surface area contributed by atoms with Gasteiger partial charge in [0.25, 0.3) is 0 Å². The second-order valence-corrected chi connectivity index (χ2v) is 5.09. The van der Waals surface area contributed by atoms with E-state index in [2.05, 4.69) is 13.8 Å². The number of carbonyl (C=O) groups is 1. The Labute approximate surface area is 101 Å². The fourth-order valence-corrected chi connectivity index (χ4v) is 3.03. The molecule has 1 aromatic rings. The van der Waals surface area contributed by atoms with Crippen molar-refractivity contribution >= 4 is 6.41 Å². The number of nitrogens with zero attached hydrogens (tertiary/aromatic N) is 1. The first-order valence-electron chi connectivity index (χ1n) is 6.06. The summed E-state index contributed by atoms with van der Waals surface area (Å²) in [5.74, 6) is 1.04. The Morgan fingerprint density at radius 2 is 1.71 bits per heavy atom. The molecule has 2 rings (SSSR count). The van der Waals surface area contributed by atoms with Gasteiger partial charge in [0, 0.05) is 13.1 Å². The van der Waals surface area contributed by atoms with Gasteiger partial charge in [-0.05, 0) is 35.4 Å². The molecule has 1 amide bonds. The van der Waals surface area contributed by atoms with Gasteiger partial charge in [0.15, 0.2) is 0 Å². The van der Waals surface area contributed by atoms with Gasteiger partial charge >= 0.3 is 0 Å². The summed E-state index contributed by atoms with van der Waals surface area (Å²) in [5.41, 5.74) is 1.18. The lowest BCUT2D eigenvalue weighted by Crippen LogP contribution is -2.42. The van der Waals surface area contributed by atoms with Crippen molar-refractivity contribution in [1.82, 2.24) is 4.90 Å². The number of rotatable bonds is 2. The van der Waals surface area contributed by atoms with E-state index in [0.717, 1.165) is 19.5 Å². The number of benzene rings is 1. The molecule has 1 aromatic carbocycles. The molecule has 0 aromatic heterocycles. The maximum Gasteiger partial charge on any atom is 0.209 e. The van der Waals surface area contributed by atoms with Gasteiger partial charge in [-0.25, -0.2) is 4.39 Å². The molecule has 3 heteroatoms. The maximum atomic E-state index is 12.9. The van der Waals surface area contributed by atoms with E-state index < -0.39 is 0 Å². The van der Waals surface area contributed by atoms with E-state index in [1.807, 2.05) is 17.0 Å². The van der Waals surface area contributed by atoms with Crippen molar-refractivity contribution in [2.45, 2.75) is 19.8 Å². The largest absolute Gasteiger partial charge is 0.345 e. The van der Waals surface area contributed by atoms with Crippen LogP contribution in [0.2, 0.25) is 0 Å². The Bertz CT molecular complexity index is 378. The zero-order chi connectivity index (χ0) is 12.4. The van der Waals surface area contributed by atoms with E-state index in [4.69, 9.17) is 0 Å². The maximum absolute atomic E-state index is 12.9. The molecule has 17 heavy (non-hydrogen) atoms. The van der Waals surface area contributed by atoms with Crippen LogP contribution in [-0.4, -0.2) is 24.4 Å². The van der Waals surface area contributed by atoms with Crippen molar-refractivity contribution in [3.05, 3.63) is 35.6 Å². The Kier molecular flexibility index (Phi) is 3.46. The fourth-order valence-electron chi connectivity index (χ4n) is 3.03. The van der Waals surface area contributed by atoms with E-state index >= 15 is 0 Å². The van der Waals surface area contributed by atoms with Crippen molar-refractivity contribution in [2.24, 2.45) is 11.8 Å². The smallest absolute Gasteiger partial charge is 0.209 e. The molecule has 0 radical (unpaired) electrons. The Hall–Kier alpha value is -1.38. The molecule has 0 aliphatic carbocycles. The first kappa shape index (κ1) is 12.1.